The molecule has 0 spiro atoms. The second-order valence-corrected chi connectivity index (χ2v) is 5.79. The Hall–Kier alpha value is -1.35. The van der Waals surface area contributed by atoms with Crippen molar-refractivity contribution in [2.24, 2.45) is 0 Å². The molecule has 0 bridgehead atoms. The zero-order valence-electron chi connectivity index (χ0n) is 12.6. The van der Waals surface area contributed by atoms with Gasteiger partial charge in [0.05, 0.1) is 5.69 Å². The van der Waals surface area contributed by atoms with Gasteiger partial charge < -0.3 is 10.2 Å². The predicted molar refractivity (Wildman–Crippen MR) is 81.2 cm³/mol. The summed E-state index contributed by atoms with van der Waals surface area (Å²) in [6.07, 6.45) is 1.80. The average molecular weight is 264 g/mol. The monoisotopic (exact) mass is 264 g/mol. The van der Waals surface area contributed by atoms with Crippen molar-refractivity contribution in [2.75, 3.05) is 18.5 Å². The van der Waals surface area contributed by atoms with E-state index in [9.17, 15) is 4.39 Å². The van der Waals surface area contributed by atoms with E-state index in [4.69, 9.17) is 0 Å². The number of hydrogen-bond donors (Lipinski definition) is 1. The molecule has 1 aromatic carbocycles. The topological polar surface area (TPSA) is 15.3 Å². The van der Waals surface area contributed by atoms with Gasteiger partial charge in [0.15, 0.2) is 0 Å². The van der Waals surface area contributed by atoms with Gasteiger partial charge in [-0.15, -0.1) is 6.58 Å². The summed E-state index contributed by atoms with van der Waals surface area (Å²) in [5.74, 6) is -0.184. The van der Waals surface area contributed by atoms with Gasteiger partial charge in [-0.05, 0) is 52.4 Å². The van der Waals surface area contributed by atoms with E-state index in [0.29, 0.717) is 12.2 Å². The third-order valence-corrected chi connectivity index (χ3v) is 3.32. The summed E-state index contributed by atoms with van der Waals surface area (Å²) >= 11 is 0. The third-order valence-electron chi connectivity index (χ3n) is 3.32. The van der Waals surface area contributed by atoms with Gasteiger partial charge in [-0.3, -0.25) is 0 Å². The minimum atomic E-state index is -0.184. The van der Waals surface area contributed by atoms with Crippen LogP contribution in [0.5, 0.6) is 0 Å². The van der Waals surface area contributed by atoms with E-state index in [1.807, 2.05) is 31.0 Å². The van der Waals surface area contributed by atoms with Gasteiger partial charge in [0.25, 0.3) is 0 Å². The maximum absolute atomic E-state index is 14.3. The number of halogens is 1. The largest absolute Gasteiger partial charge is 0.361 e. The highest BCUT2D eigenvalue weighted by Gasteiger charge is 2.23. The molecule has 106 valence electrons. The number of hydrogen-bond acceptors (Lipinski definition) is 2. The second-order valence-electron chi connectivity index (χ2n) is 5.79. The summed E-state index contributed by atoms with van der Waals surface area (Å²) in [6.45, 7) is 12.6. The SMILES string of the molecule is C=CCN(c1ccc(C(C)NC)cc1F)C(C)(C)C. The maximum atomic E-state index is 14.3. The fourth-order valence-corrected chi connectivity index (χ4v) is 2.04. The minimum absolute atomic E-state index is 0.144. The molecule has 0 heterocycles. The molecular formula is C16H25FN2. The summed E-state index contributed by atoms with van der Waals surface area (Å²) in [7, 11) is 1.87. The van der Waals surface area contributed by atoms with Crippen molar-refractivity contribution in [3.8, 4) is 0 Å². The molecule has 1 N–H and O–H groups in total. The molecule has 0 amide bonds. The van der Waals surface area contributed by atoms with Crippen molar-refractivity contribution in [3.63, 3.8) is 0 Å². The van der Waals surface area contributed by atoms with Gasteiger partial charge in [0.2, 0.25) is 0 Å². The van der Waals surface area contributed by atoms with Gasteiger partial charge >= 0.3 is 0 Å². The molecule has 0 aliphatic rings. The molecule has 0 aliphatic heterocycles. The van der Waals surface area contributed by atoms with Crippen molar-refractivity contribution in [3.05, 3.63) is 42.2 Å². The third kappa shape index (κ3) is 3.80. The van der Waals surface area contributed by atoms with Crippen LogP contribution in [0.4, 0.5) is 10.1 Å². The first-order chi connectivity index (χ1) is 8.81. The normalized spacial score (nSPS) is 13.2. The molecule has 1 aromatic rings. The molecular weight excluding hydrogens is 239 g/mol. The summed E-state index contributed by atoms with van der Waals surface area (Å²) in [5, 5.41) is 3.12. The maximum Gasteiger partial charge on any atom is 0.146 e. The fourth-order valence-electron chi connectivity index (χ4n) is 2.04. The van der Waals surface area contributed by atoms with Crippen LogP contribution in [0, 0.1) is 5.82 Å². The van der Waals surface area contributed by atoms with E-state index in [1.165, 1.54) is 0 Å². The van der Waals surface area contributed by atoms with Crippen LogP contribution in [0.2, 0.25) is 0 Å². The lowest BCUT2D eigenvalue weighted by molar-refractivity contribution is 0.506. The first-order valence-electron chi connectivity index (χ1n) is 6.66. The van der Waals surface area contributed by atoms with Crippen LogP contribution in [-0.4, -0.2) is 19.1 Å². The molecule has 19 heavy (non-hydrogen) atoms. The molecule has 0 saturated carbocycles. The van der Waals surface area contributed by atoms with Crippen molar-refractivity contribution < 1.29 is 4.39 Å². The average Bonchev–Trinajstić information content (AvgIpc) is 2.34. The van der Waals surface area contributed by atoms with E-state index in [1.54, 1.807) is 12.1 Å². The Labute approximate surface area is 116 Å². The van der Waals surface area contributed by atoms with Crippen LogP contribution in [0.3, 0.4) is 0 Å². The summed E-state index contributed by atoms with van der Waals surface area (Å²) < 4.78 is 14.3. The van der Waals surface area contributed by atoms with Gasteiger partial charge in [0.1, 0.15) is 5.82 Å². The van der Waals surface area contributed by atoms with E-state index < -0.39 is 0 Å². The molecule has 0 aliphatic carbocycles. The molecule has 0 fully saturated rings. The quantitative estimate of drug-likeness (QED) is 0.811. The molecule has 1 unspecified atom stereocenters. The van der Waals surface area contributed by atoms with E-state index in [0.717, 1.165) is 5.56 Å². The Kier molecular flexibility index (Phi) is 5.12. The lowest BCUT2D eigenvalue weighted by atomic mass is 10.0. The van der Waals surface area contributed by atoms with Crippen molar-refractivity contribution in [2.45, 2.75) is 39.3 Å². The Balaban J connectivity index is 3.15. The Bertz CT molecular complexity index is 435. The van der Waals surface area contributed by atoms with Crippen LogP contribution in [-0.2, 0) is 0 Å². The first kappa shape index (κ1) is 15.7. The van der Waals surface area contributed by atoms with Crippen LogP contribution in [0.15, 0.2) is 30.9 Å². The molecule has 1 atom stereocenters. The predicted octanol–water partition coefficient (Wildman–Crippen LogP) is 3.90. The Morgan fingerprint density at radius 2 is 2.05 bits per heavy atom. The van der Waals surface area contributed by atoms with Crippen molar-refractivity contribution >= 4 is 5.69 Å². The van der Waals surface area contributed by atoms with Gasteiger partial charge in [-0.25, -0.2) is 4.39 Å². The van der Waals surface area contributed by atoms with Crippen LogP contribution < -0.4 is 10.2 Å². The minimum Gasteiger partial charge on any atom is -0.361 e. The van der Waals surface area contributed by atoms with Crippen LogP contribution >= 0.6 is 0 Å². The van der Waals surface area contributed by atoms with E-state index in [-0.39, 0.29) is 17.4 Å². The smallest absolute Gasteiger partial charge is 0.146 e. The van der Waals surface area contributed by atoms with Gasteiger partial charge in [-0.2, -0.15) is 0 Å². The standard InChI is InChI=1S/C16H25FN2/c1-7-10-19(16(3,4)5)15-9-8-13(11-14(15)17)12(2)18-6/h7-9,11-12,18H,1,10H2,2-6H3. The molecule has 2 nitrogen and oxygen atoms in total. The van der Waals surface area contributed by atoms with Gasteiger partial charge in [0, 0.05) is 18.1 Å². The number of nitrogens with one attached hydrogen (secondary N) is 1. The summed E-state index contributed by atoms with van der Waals surface area (Å²) in [6, 6.07) is 5.58. The Morgan fingerprint density at radius 1 is 1.42 bits per heavy atom. The zero-order valence-corrected chi connectivity index (χ0v) is 12.6. The lowest BCUT2D eigenvalue weighted by Crippen LogP contribution is -2.42. The van der Waals surface area contributed by atoms with Crippen LogP contribution in [0.1, 0.15) is 39.3 Å². The summed E-state index contributed by atoms with van der Waals surface area (Å²) in [5.41, 5.74) is 1.43. The molecule has 0 radical (unpaired) electrons. The highest BCUT2D eigenvalue weighted by atomic mass is 19.1. The summed E-state index contributed by atoms with van der Waals surface area (Å²) in [4.78, 5) is 2.02. The van der Waals surface area contributed by atoms with Crippen molar-refractivity contribution in [1.29, 1.82) is 0 Å². The number of benzene rings is 1. The molecule has 1 rings (SSSR count). The van der Waals surface area contributed by atoms with Crippen molar-refractivity contribution in [1.82, 2.24) is 5.32 Å². The number of anilines is 1. The Morgan fingerprint density at radius 3 is 2.47 bits per heavy atom. The highest BCUT2D eigenvalue weighted by Crippen LogP contribution is 2.28. The lowest BCUT2D eigenvalue weighted by Gasteiger charge is -2.37. The first-order valence-corrected chi connectivity index (χ1v) is 6.66. The number of nitrogens with zero attached hydrogens (tertiary/aromatic N) is 1. The number of rotatable bonds is 5. The molecule has 0 aromatic heterocycles. The highest BCUT2D eigenvalue weighted by molar-refractivity contribution is 5.52. The van der Waals surface area contributed by atoms with E-state index in [2.05, 4.69) is 32.7 Å². The molecule has 3 heteroatoms. The van der Waals surface area contributed by atoms with E-state index >= 15 is 0 Å². The molecule has 0 saturated heterocycles. The van der Waals surface area contributed by atoms with Gasteiger partial charge in [-0.1, -0.05) is 12.1 Å². The zero-order chi connectivity index (χ0) is 14.6. The second kappa shape index (κ2) is 6.20. The fraction of sp³-hybridized carbons (Fsp3) is 0.500. The van der Waals surface area contributed by atoms with Crippen LogP contribution in [0.25, 0.3) is 0 Å².